The van der Waals surface area contributed by atoms with Crippen LogP contribution in [0.5, 0.6) is 0 Å². The van der Waals surface area contributed by atoms with Crippen LogP contribution in [0.1, 0.15) is 22.5 Å². The summed E-state index contributed by atoms with van der Waals surface area (Å²) in [6.45, 7) is 1.53. The van der Waals surface area contributed by atoms with Crippen molar-refractivity contribution in [1.29, 1.82) is 0 Å². The number of hydrazine groups is 1. The van der Waals surface area contributed by atoms with Gasteiger partial charge in [-0.2, -0.15) is 0 Å². The number of hydrogen-bond donors (Lipinski definition) is 2. The molecule has 86 valence electrons. The maximum atomic E-state index is 11.5. The highest BCUT2D eigenvalue weighted by molar-refractivity contribution is 7.12. The molecule has 1 saturated heterocycles. The Hall–Kier alpha value is -1.56. The first kappa shape index (κ1) is 10.9. The standard InChI is InChI=1S/C10H13N3O2S/c14-9(8-4-3-7-16-8)11-12-10(15)13-5-1-2-6-13/h3-4,7H,1-2,5-6H2,(H,11,14)(H,12,15). The molecule has 0 aliphatic carbocycles. The molecule has 1 aromatic rings. The molecule has 0 bridgehead atoms. The lowest BCUT2D eigenvalue weighted by atomic mass is 10.4. The fourth-order valence-corrected chi connectivity index (χ4v) is 2.20. The average Bonchev–Trinajstić information content (AvgIpc) is 2.95. The van der Waals surface area contributed by atoms with Gasteiger partial charge in [-0.05, 0) is 24.3 Å². The van der Waals surface area contributed by atoms with Crippen LogP contribution in [0.25, 0.3) is 0 Å². The van der Waals surface area contributed by atoms with E-state index in [9.17, 15) is 9.59 Å². The Labute approximate surface area is 97.4 Å². The zero-order valence-corrected chi connectivity index (χ0v) is 9.55. The summed E-state index contributed by atoms with van der Waals surface area (Å²) in [5, 5.41) is 1.82. The number of thiophene rings is 1. The normalized spacial score (nSPS) is 14.9. The zero-order chi connectivity index (χ0) is 11.4. The summed E-state index contributed by atoms with van der Waals surface area (Å²) in [5.74, 6) is -0.275. The Morgan fingerprint density at radius 1 is 1.25 bits per heavy atom. The van der Waals surface area contributed by atoms with Gasteiger partial charge < -0.3 is 4.90 Å². The number of urea groups is 1. The van der Waals surface area contributed by atoms with E-state index in [-0.39, 0.29) is 11.9 Å². The fraction of sp³-hybridized carbons (Fsp3) is 0.400. The number of nitrogens with zero attached hydrogens (tertiary/aromatic N) is 1. The van der Waals surface area contributed by atoms with Crippen LogP contribution >= 0.6 is 11.3 Å². The van der Waals surface area contributed by atoms with Gasteiger partial charge in [0.2, 0.25) is 0 Å². The van der Waals surface area contributed by atoms with Crippen molar-refractivity contribution in [2.45, 2.75) is 12.8 Å². The van der Waals surface area contributed by atoms with E-state index in [1.807, 2.05) is 5.38 Å². The maximum Gasteiger partial charge on any atom is 0.336 e. The molecule has 2 N–H and O–H groups in total. The summed E-state index contributed by atoms with van der Waals surface area (Å²) in [5.41, 5.74) is 4.80. The minimum Gasteiger partial charge on any atom is -0.323 e. The molecule has 0 radical (unpaired) electrons. The second-order valence-electron chi connectivity index (χ2n) is 3.56. The highest BCUT2D eigenvalue weighted by Gasteiger charge is 2.18. The largest absolute Gasteiger partial charge is 0.336 e. The molecule has 6 heteroatoms. The number of rotatable bonds is 1. The SMILES string of the molecule is O=C(NNC(=O)N1CCCC1)c1cccs1. The van der Waals surface area contributed by atoms with E-state index in [0.29, 0.717) is 4.88 Å². The summed E-state index contributed by atoms with van der Waals surface area (Å²) in [4.78, 5) is 25.3. The molecule has 0 atom stereocenters. The van der Waals surface area contributed by atoms with Gasteiger partial charge in [0.15, 0.2) is 0 Å². The summed E-state index contributed by atoms with van der Waals surface area (Å²) in [7, 11) is 0. The molecular formula is C10H13N3O2S. The highest BCUT2D eigenvalue weighted by atomic mass is 32.1. The molecule has 5 nitrogen and oxygen atoms in total. The molecule has 2 rings (SSSR count). The predicted molar refractivity (Wildman–Crippen MR) is 61.1 cm³/mol. The number of likely N-dealkylation sites (tertiary alicyclic amines) is 1. The Morgan fingerprint density at radius 2 is 2.00 bits per heavy atom. The predicted octanol–water partition coefficient (Wildman–Crippen LogP) is 1.20. The van der Waals surface area contributed by atoms with Crippen molar-refractivity contribution in [3.8, 4) is 0 Å². The molecule has 3 amide bonds. The molecule has 1 fully saturated rings. The van der Waals surface area contributed by atoms with Gasteiger partial charge in [0.1, 0.15) is 0 Å². The van der Waals surface area contributed by atoms with Crippen molar-refractivity contribution in [2.75, 3.05) is 13.1 Å². The monoisotopic (exact) mass is 239 g/mol. The van der Waals surface area contributed by atoms with Crippen molar-refractivity contribution < 1.29 is 9.59 Å². The van der Waals surface area contributed by atoms with Gasteiger partial charge in [-0.25, -0.2) is 10.2 Å². The summed E-state index contributed by atoms with van der Waals surface area (Å²) < 4.78 is 0. The van der Waals surface area contributed by atoms with Gasteiger partial charge in [-0.1, -0.05) is 6.07 Å². The zero-order valence-electron chi connectivity index (χ0n) is 8.73. The third-order valence-corrected chi connectivity index (χ3v) is 3.29. The molecule has 2 heterocycles. The lowest BCUT2D eigenvalue weighted by molar-refractivity contribution is 0.0935. The van der Waals surface area contributed by atoms with Crippen LogP contribution in [0.3, 0.4) is 0 Å². The summed E-state index contributed by atoms with van der Waals surface area (Å²) in [6, 6.07) is 3.27. The van der Waals surface area contributed by atoms with Gasteiger partial charge in [0.25, 0.3) is 5.91 Å². The minimum absolute atomic E-state index is 0.234. The van der Waals surface area contributed by atoms with Crippen molar-refractivity contribution in [2.24, 2.45) is 0 Å². The Morgan fingerprint density at radius 3 is 2.62 bits per heavy atom. The van der Waals surface area contributed by atoms with E-state index in [0.717, 1.165) is 25.9 Å². The van der Waals surface area contributed by atoms with Gasteiger partial charge in [-0.15, -0.1) is 11.3 Å². The average molecular weight is 239 g/mol. The first-order valence-electron chi connectivity index (χ1n) is 5.16. The van der Waals surface area contributed by atoms with Gasteiger partial charge in [-0.3, -0.25) is 10.2 Å². The lowest BCUT2D eigenvalue weighted by Crippen LogP contribution is -2.47. The molecule has 1 aromatic heterocycles. The second kappa shape index (κ2) is 4.98. The molecule has 1 aliphatic heterocycles. The molecule has 0 saturated carbocycles. The number of hydrogen-bond acceptors (Lipinski definition) is 3. The van der Waals surface area contributed by atoms with Crippen LogP contribution < -0.4 is 10.9 Å². The Balaban J connectivity index is 1.79. The molecule has 16 heavy (non-hydrogen) atoms. The molecule has 1 aliphatic rings. The van der Waals surface area contributed by atoms with Crippen molar-refractivity contribution in [3.63, 3.8) is 0 Å². The Kier molecular flexibility index (Phi) is 3.40. The summed E-state index contributed by atoms with van der Waals surface area (Å²) in [6.07, 6.45) is 2.07. The van der Waals surface area contributed by atoms with E-state index in [4.69, 9.17) is 0 Å². The van der Waals surface area contributed by atoms with Crippen LogP contribution in [0.2, 0.25) is 0 Å². The third-order valence-electron chi connectivity index (χ3n) is 2.42. The van der Waals surface area contributed by atoms with Gasteiger partial charge in [0, 0.05) is 13.1 Å². The first-order chi connectivity index (χ1) is 7.77. The Bertz CT molecular complexity index is 371. The van der Waals surface area contributed by atoms with Gasteiger partial charge in [0.05, 0.1) is 4.88 Å². The van der Waals surface area contributed by atoms with Crippen LogP contribution in [0, 0.1) is 0 Å². The quantitative estimate of drug-likeness (QED) is 0.723. The van der Waals surface area contributed by atoms with Crippen LogP contribution in [0.15, 0.2) is 17.5 Å². The second-order valence-corrected chi connectivity index (χ2v) is 4.50. The van der Waals surface area contributed by atoms with E-state index in [1.165, 1.54) is 11.3 Å². The third kappa shape index (κ3) is 2.52. The van der Waals surface area contributed by atoms with E-state index in [1.54, 1.807) is 17.0 Å². The van der Waals surface area contributed by atoms with Crippen molar-refractivity contribution in [3.05, 3.63) is 22.4 Å². The van der Waals surface area contributed by atoms with Crippen LogP contribution in [0.4, 0.5) is 4.79 Å². The smallest absolute Gasteiger partial charge is 0.323 e. The number of amides is 3. The highest BCUT2D eigenvalue weighted by Crippen LogP contribution is 2.08. The van der Waals surface area contributed by atoms with E-state index < -0.39 is 0 Å². The van der Waals surface area contributed by atoms with Crippen molar-refractivity contribution >= 4 is 23.3 Å². The molecule has 0 aromatic carbocycles. The van der Waals surface area contributed by atoms with Crippen LogP contribution in [-0.4, -0.2) is 29.9 Å². The lowest BCUT2D eigenvalue weighted by Gasteiger charge is -2.16. The number of carbonyl (C=O) groups excluding carboxylic acids is 2. The molecule has 0 unspecified atom stereocenters. The van der Waals surface area contributed by atoms with E-state index >= 15 is 0 Å². The fourth-order valence-electron chi connectivity index (χ4n) is 1.58. The minimum atomic E-state index is -0.275. The summed E-state index contributed by atoms with van der Waals surface area (Å²) >= 11 is 1.34. The number of nitrogens with one attached hydrogen (secondary N) is 2. The maximum absolute atomic E-state index is 11.5. The first-order valence-corrected chi connectivity index (χ1v) is 6.04. The van der Waals surface area contributed by atoms with Crippen LogP contribution in [-0.2, 0) is 0 Å². The topological polar surface area (TPSA) is 61.4 Å². The molecule has 0 spiro atoms. The number of carbonyl (C=O) groups is 2. The van der Waals surface area contributed by atoms with Gasteiger partial charge >= 0.3 is 6.03 Å². The molecular weight excluding hydrogens is 226 g/mol. The van der Waals surface area contributed by atoms with E-state index in [2.05, 4.69) is 10.9 Å². The van der Waals surface area contributed by atoms with Crippen molar-refractivity contribution in [1.82, 2.24) is 15.8 Å².